The van der Waals surface area contributed by atoms with Crippen molar-refractivity contribution in [2.45, 2.75) is 37.5 Å². The number of amides is 1. The van der Waals surface area contributed by atoms with Crippen molar-refractivity contribution in [1.82, 2.24) is 4.72 Å². The molecule has 1 aliphatic heterocycles. The first-order chi connectivity index (χ1) is 15.0. The molecule has 1 heterocycles. The van der Waals surface area contributed by atoms with E-state index in [2.05, 4.69) is 15.0 Å². The van der Waals surface area contributed by atoms with Crippen molar-refractivity contribution < 1.29 is 17.9 Å². The van der Waals surface area contributed by atoms with E-state index in [0.717, 1.165) is 30.6 Å². The number of nitrogens with zero attached hydrogens (tertiary/aromatic N) is 1. The number of rotatable bonds is 7. The zero-order valence-electron chi connectivity index (χ0n) is 17.5. The molecule has 0 aromatic heterocycles. The van der Waals surface area contributed by atoms with Gasteiger partial charge >= 0.3 is 0 Å². The van der Waals surface area contributed by atoms with Gasteiger partial charge < -0.3 is 10.1 Å². The number of aliphatic imine (C=N–C) groups is 1. The average Bonchev–Trinajstić information content (AvgIpc) is 3.02. The number of carbonyl (C=O) groups is 1. The lowest BCUT2D eigenvalue weighted by molar-refractivity contribution is -0.111. The van der Waals surface area contributed by atoms with Crippen LogP contribution in [0.25, 0.3) is 6.08 Å². The van der Waals surface area contributed by atoms with E-state index in [1.807, 2.05) is 31.2 Å². The normalized spacial score (nSPS) is 14.5. The maximum Gasteiger partial charge on any atom is 0.262 e. The van der Waals surface area contributed by atoms with Crippen LogP contribution in [-0.2, 0) is 14.8 Å². The van der Waals surface area contributed by atoms with Gasteiger partial charge in [-0.25, -0.2) is 8.42 Å². The highest BCUT2D eigenvalue weighted by atomic mass is 32.2. The molecule has 7 nitrogen and oxygen atoms in total. The molecule has 2 aromatic rings. The van der Waals surface area contributed by atoms with Gasteiger partial charge in [0.2, 0.25) is 5.91 Å². The summed E-state index contributed by atoms with van der Waals surface area (Å²) in [6.07, 6.45) is 6.62. The Morgan fingerprint density at radius 1 is 1.13 bits per heavy atom. The lowest BCUT2D eigenvalue weighted by Crippen LogP contribution is -2.30. The molecule has 2 aromatic carbocycles. The number of anilines is 1. The molecule has 31 heavy (non-hydrogen) atoms. The Balaban J connectivity index is 1.64. The predicted octanol–water partition coefficient (Wildman–Crippen LogP) is 3.99. The summed E-state index contributed by atoms with van der Waals surface area (Å²) in [5.41, 5.74) is 1.25. The van der Waals surface area contributed by atoms with Crippen LogP contribution in [0.15, 0.2) is 64.5 Å². The van der Waals surface area contributed by atoms with Crippen LogP contribution in [0.5, 0.6) is 5.75 Å². The summed E-state index contributed by atoms with van der Waals surface area (Å²) in [5.74, 6) is 0.903. The first-order valence-electron chi connectivity index (χ1n) is 10.3. The Morgan fingerprint density at radius 2 is 1.94 bits per heavy atom. The van der Waals surface area contributed by atoms with Gasteiger partial charge in [0.25, 0.3) is 10.0 Å². The lowest BCUT2D eigenvalue weighted by atomic mass is 10.2. The van der Waals surface area contributed by atoms with Crippen molar-refractivity contribution in [2.24, 2.45) is 4.99 Å². The third-order valence-corrected chi connectivity index (χ3v) is 6.04. The molecule has 0 saturated carbocycles. The molecular weight excluding hydrogens is 414 g/mol. The van der Waals surface area contributed by atoms with Crippen molar-refractivity contribution in [3.63, 3.8) is 0 Å². The summed E-state index contributed by atoms with van der Waals surface area (Å²) in [6, 6.07) is 13.5. The summed E-state index contributed by atoms with van der Waals surface area (Å²) < 4.78 is 33.4. The standard InChI is InChI=1S/C23H27N3O4S/c1-2-30-20-13-10-18(11-14-20)12-15-23(27)25-19-7-6-8-21(17-19)31(28,29)26-22-9-4-3-5-16-24-22/h6-8,10-15,17H,2-5,9,16H2,1H3,(H,24,26)(H,25,27)/b15-12+. The van der Waals surface area contributed by atoms with Gasteiger partial charge in [-0.2, -0.15) is 0 Å². The van der Waals surface area contributed by atoms with Crippen LogP contribution in [-0.4, -0.2) is 33.3 Å². The molecule has 0 aliphatic carbocycles. The first-order valence-corrected chi connectivity index (χ1v) is 11.8. The molecule has 0 fully saturated rings. The number of nitrogens with one attached hydrogen (secondary N) is 2. The highest BCUT2D eigenvalue weighted by molar-refractivity contribution is 7.90. The second kappa shape index (κ2) is 10.8. The van der Waals surface area contributed by atoms with Crippen molar-refractivity contribution in [2.75, 3.05) is 18.5 Å². The Labute approximate surface area is 183 Å². The van der Waals surface area contributed by atoms with Gasteiger partial charge in [0.1, 0.15) is 11.6 Å². The van der Waals surface area contributed by atoms with E-state index in [1.165, 1.54) is 18.2 Å². The molecule has 2 N–H and O–H groups in total. The number of benzene rings is 2. The van der Waals surface area contributed by atoms with Crippen LogP contribution in [0, 0.1) is 0 Å². The molecule has 0 atom stereocenters. The van der Waals surface area contributed by atoms with E-state index in [9.17, 15) is 13.2 Å². The maximum atomic E-state index is 12.7. The molecule has 0 saturated heterocycles. The zero-order chi connectivity index (χ0) is 22.1. The SMILES string of the molecule is CCOc1ccc(/C=C/C(=O)Nc2cccc(S(=O)(=O)NC3=NCCCCC3)c2)cc1. The number of carbonyl (C=O) groups excluding carboxylic acids is 1. The first kappa shape index (κ1) is 22.6. The highest BCUT2D eigenvalue weighted by Gasteiger charge is 2.17. The van der Waals surface area contributed by atoms with Crippen molar-refractivity contribution in [1.29, 1.82) is 0 Å². The monoisotopic (exact) mass is 441 g/mol. The van der Waals surface area contributed by atoms with Crippen LogP contribution >= 0.6 is 0 Å². The molecular formula is C23H27N3O4S. The van der Waals surface area contributed by atoms with Crippen LogP contribution in [0.2, 0.25) is 0 Å². The van der Waals surface area contributed by atoms with E-state index in [0.29, 0.717) is 31.1 Å². The fraction of sp³-hybridized carbons (Fsp3) is 0.304. The third-order valence-electron chi connectivity index (χ3n) is 4.66. The number of amidine groups is 1. The third kappa shape index (κ3) is 6.96. The van der Waals surface area contributed by atoms with Crippen LogP contribution in [0.4, 0.5) is 5.69 Å². The van der Waals surface area contributed by atoms with Crippen LogP contribution in [0.1, 0.15) is 38.2 Å². The summed E-state index contributed by atoms with van der Waals surface area (Å²) in [5, 5.41) is 2.70. The van der Waals surface area contributed by atoms with E-state index < -0.39 is 10.0 Å². The van der Waals surface area contributed by atoms with Gasteiger partial charge in [0.15, 0.2) is 0 Å². The Hall–Kier alpha value is -3.13. The number of hydrogen-bond donors (Lipinski definition) is 2. The molecule has 1 aliphatic rings. The van der Waals surface area contributed by atoms with Crippen molar-refractivity contribution >= 4 is 33.5 Å². The van der Waals surface area contributed by atoms with Crippen molar-refractivity contribution in [3.05, 3.63) is 60.2 Å². The minimum atomic E-state index is -3.76. The second-order valence-electron chi connectivity index (χ2n) is 7.10. The van der Waals surface area contributed by atoms with Crippen LogP contribution in [0.3, 0.4) is 0 Å². The lowest BCUT2D eigenvalue weighted by Gasteiger charge is -2.11. The zero-order valence-corrected chi connectivity index (χ0v) is 18.3. The van der Waals surface area contributed by atoms with E-state index in [4.69, 9.17) is 4.74 Å². The number of ether oxygens (including phenoxy) is 1. The second-order valence-corrected chi connectivity index (χ2v) is 8.78. The summed E-state index contributed by atoms with van der Waals surface area (Å²) in [6.45, 7) is 3.14. The van der Waals surface area contributed by atoms with E-state index in [-0.39, 0.29) is 10.8 Å². The average molecular weight is 442 g/mol. The van der Waals surface area contributed by atoms with Gasteiger partial charge in [-0.3, -0.25) is 14.5 Å². The van der Waals surface area contributed by atoms with E-state index in [1.54, 1.807) is 18.2 Å². The quantitative estimate of drug-likeness (QED) is 0.635. The summed E-state index contributed by atoms with van der Waals surface area (Å²) >= 11 is 0. The summed E-state index contributed by atoms with van der Waals surface area (Å²) in [7, 11) is -3.76. The Bertz CT molecular complexity index is 1060. The minimum Gasteiger partial charge on any atom is -0.494 e. The highest BCUT2D eigenvalue weighted by Crippen LogP contribution is 2.17. The smallest absolute Gasteiger partial charge is 0.262 e. The minimum absolute atomic E-state index is 0.0766. The van der Waals surface area contributed by atoms with Gasteiger partial charge in [-0.1, -0.05) is 24.6 Å². The van der Waals surface area contributed by atoms with Gasteiger partial charge in [0, 0.05) is 24.7 Å². The molecule has 164 valence electrons. The molecule has 0 spiro atoms. The van der Waals surface area contributed by atoms with Crippen LogP contribution < -0.4 is 14.8 Å². The Kier molecular flexibility index (Phi) is 7.83. The Morgan fingerprint density at radius 3 is 2.71 bits per heavy atom. The number of hydrogen-bond acceptors (Lipinski definition) is 5. The van der Waals surface area contributed by atoms with Gasteiger partial charge in [-0.05, 0) is 61.7 Å². The molecule has 8 heteroatoms. The largest absolute Gasteiger partial charge is 0.494 e. The fourth-order valence-corrected chi connectivity index (χ4v) is 4.24. The predicted molar refractivity (Wildman–Crippen MR) is 123 cm³/mol. The maximum absolute atomic E-state index is 12.7. The summed E-state index contributed by atoms with van der Waals surface area (Å²) in [4.78, 5) is 16.7. The molecule has 1 amide bonds. The molecule has 3 rings (SSSR count). The number of sulfonamides is 1. The molecule has 0 radical (unpaired) electrons. The van der Waals surface area contributed by atoms with Gasteiger partial charge in [0.05, 0.1) is 11.5 Å². The topological polar surface area (TPSA) is 96.9 Å². The van der Waals surface area contributed by atoms with Gasteiger partial charge in [-0.15, -0.1) is 0 Å². The molecule has 0 bridgehead atoms. The van der Waals surface area contributed by atoms with Crippen molar-refractivity contribution in [3.8, 4) is 5.75 Å². The van der Waals surface area contributed by atoms with E-state index >= 15 is 0 Å². The fourth-order valence-electron chi connectivity index (χ4n) is 3.11. The molecule has 0 unspecified atom stereocenters.